The van der Waals surface area contributed by atoms with E-state index >= 15 is 0 Å². The van der Waals surface area contributed by atoms with Crippen LogP contribution in [-0.4, -0.2) is 30.8 Å². The van der Waals surface area contributed by atoms with Gasteiger partial charge in [0.25, 0.3) is 0 Å². The molecule has 1 heterocycles. The van der Waals surface area contributed by atoms with Crippen LogP contribution in [0.2, 0.25) is 5.02 Å². The number of hydrogen-bond donors (Lipinski definition) is 1. The predicted molar refractivity (Wildman–Crippen MR) is 81.7 cm³/mol. The molecular weight excluding hydrogens is 282 g/mol. The minimum absolute atomic E-state index is 0.483. The van der Waals surface area contributed by atoms with Crippen molar-refractivity contribution >= 4 is 23.4 Å². The summed E-state index contributed by atoms with van der Waals surface area (Å²) >= 11 is 8.15. The summed E-state index contributed by atoms with van der Waals surface area (Å²) in [6.07, 6.45) is 0. The van der Waals surface area contributed by atoms with Crippen LogP contribution in [0.1, 0.15) is 19.4 Å². The van der Waals surface area contributed by atoms with E-state index in [9.17, 15) is 0 Å². The molecule has 1 aromatic rings. The first-order valence-electron chi connectivity index (χ1n) is 6.60. The zero-order valence-corrected chi connectivity index (χ0v) is 12.9. The molecule has 5 heteroatoms. The van der Waals surface area contributed by atoms with E-state index in [1.165, 1.54) is 0 Å². The van der Waals surface area contributed by atoms with Crippen LogP contribution in [0.15, 0.2) is 12.1 Å². The third-order valence-electron chi connectivity index (χ3n) is 2.88. The molecule has 0 spiro atoms. The Morgan fingerprint density at radius 3 is 2.95 bits per heavy atom. The molecule has 0 bridgehead atoms. The van der Waals surface area contributed by atoms with Gasteiger partial charge in [-0.2, -0.15) is 11.8 Å². The Kier molecular flexibility index (Phi) is 5.67. The van der Waals surface area contributed by atoms with Crippen LogP contribution in [0.4, 0.5) is 0 Å². The largest absolute Gasteiger partial charge is 0.486 e. The van der Waals surface area contributed by atoms with Crippen LogP contribution in [0.25, 0.3) is 0 Å². The quantitative estimate of drug-likeness (QED) is 0.873. The number of ether oxygens (including phenoxy) is 2. The van der Waals surface area contributed by atoms with Gasteiger partial charge in [0.2, 0.25) is 0 Å². The van der Waals surface area contributed by atoms with Gasteiger partial charge in [0, 0.05) is 18.3 Å². The smallest absolute Gasteiger partial charge is 0.179 e. The zero-order valence-electron chi connectivity index (χ0n) is 11.4. The number of nitrogens with one attached hydrogen (secondary N) is 1. The topological polar surface area (TPSA) is 30.5 Å². The molecule has 1 unspecified atom stereocenters. The number of halogens is 1. The van der Waals surface area contributed by atoms with Gasteiger partial charge in [0.05, 0.1) is 5.02 Å². The molecule has 0 radical (unpaired) electrons. The summed E-state index contributed by atoms with van der Waals surface area (Å²) in [4.78, 5) is 0. The Morgan fingerprint density at radius 1 is 1.37 bits per heavy atom. The second-order valence-corrected chi connectivity index (χ2v) is 6.27. The first-order valence-corrected chi connectivity index (χ1v) is 8.13. The Hall–Kier alpha value is -0.580. The van der Waals surface area contributed by atoms with Crippen LogP contribution in [0, 0.1) is 0 Å². The summed E-state index contributed by atoms with van der Waals surface area (Å²) in [5.74, 6) is 3.70. The van der Waals surface area contributed by atoms with Gasteiger partial charge in [-0.25, -0.2) is 0 Å². The third-order valence-corrected chi connectivity index (χ3v) is 4.31. The van der Waals surface area contributed by atoms with Crippen molar-refractivity contribution in [3.05, 3.63) is 22.7 Å². The normalized spacial score (nSPS) is 15.3. The molecule has 3 nitrogen and oxygen atoms in total. The lowest BCUT2D eigenvalue weighted by Gasteiger charge is -2.21. The number of fused-ring (bicyclic) bond motifs is 1. The molecule has 0 saturated carbocycles. The standard InChI is InChI=1S/C14H20ClNO2S/c1-3-19-9-10(2)16-8-11-6-12(15)14-13(7-11)17-4-5-18-14/h6-7,10,16H,3-5,8-9H2,1-2H3. The summed E-state index contributed by atoms with van der Waals surface area (Å²) < 4.78 is 11.1. The molecule has 2 rings (SSSR count). The molecule has 19 heavy (non-hydrogen) atoms. The maximum absolute atomic E-state index is 6.21. The minimum Gasteiger partial charge on any atom is -0.486 e. The Balaban J connectivity index is 1.95. The van der Waals surface area contributed by atoms with Gasteiger partial charge in [-0.05, 0) is 30.4 Å². The second-order valence-electron chi connectivity index (χ2n) is 4.54. The maximum atomic E-state index is 6.21. The van der Waals surface area contributed by atoms with Crippen LogP contribution < -0.4 is 14.8 Å². The van der Waals surface area contributed by atoms with Crippen molar-refractivity contribution in [1.29, 1.82) is 0 Å². The van der Waals surface area contributed by atoms with E-state index in [4.69, 9.17) is 21.1 Å². The molecule has 0 fully saturated rings. The summed E-state index contributed by atoms with van der Waals surface area (Å²) in [6, 6.07) is 4.44. The summed E-state index contributed by atoms with van der Waals surface area (Å²) in [7, 11) is 0. The summed E-state index contributed by atoms with van der Waals surface area (Å²) in [5.41, 5.74) is 1.13. The fourth-order valence-electron chi connectivity index (χ4n) is 1.91. The predicted octanol–water partition coefficient (Wildman–Crippen LogP) is 3.34. The van der Waals surface area contributed by atoms with Gasteiger partial charge >= 0.3 is 0 Å². The van der Waals surface area contributed by atoms with Crippen molar-refractivity contribution in [2.24, 2.45) is 0 Å². The molecule has 0 aromatic heterocycles. The molecule has 1 aliphatic rings. The fourth-order valence-corrected chi connectivity index (χ4v) is 2.91. The lowest BCUT2D eigenvalue weighted by molar-refractivity contribution is 0.171. The zero-order chi connectivity index (χ0) is 13.7. The van der Waals surface area contributed by atoms with E-state index in [-0.39, 0.29) is 0 Å². The van der Waals surface area contributed by atoms with Gasteiger partial charge < -0.3 is 14.8 Å². The Labute approximate surface area is 124 Å². The average Bonchev–Trinajstić information content (AvgIpc) is 2.43. The molecule has 1 atom stereocenters. The van der Waals surface area contributed by atoms with Gasteiger partial charge in [-0.3, -0.25) is 0 Å². The number of benzene rings is 1. The van der Waals surface area contributed by atoms with Crippen molar-refractivity contribution in [2.45, 2.75) is 26.4 Å². The second kappa shape index (κ2) is 7.27. The third kappa shape index (κ3) is 4.20. The summed E-state index contributed by atoms with van der Waals surface area (Å²) in [6.45, 7) is 6.32. The fraction of sp³-hybridized carbons (Fsp3) is 0.571. The molecule has 0 saturated heterocycles. The number of rotatable bonds is 6. The van der Waals surface area contributed by atoms with E-state index in [1.54, 1.807) is 0 Å². The van der Waals surface area contributed by atoms with E-state index in [1.807, 2.05) is 23.9 Å². The minimum atomic E-state index is 0.483. The van der Waals surface area contributed by atoms with Crippen LogP contribution in [0.5, 0.6) is 11.5 Å². The van der Waals surface area contributed by atoms with E-state index in [0.717, 1.165) is 29.4 Å². The number of hydrogen-bond acceptors (Lipinski definition) is 4. The van der Waals surface area contributed by atoms with Crippen LogP contribution in [-0.2, 0) is 6.54 Å². The van der Waals surface area contributed by atoms with E-state index in [0.29, 0.717) is 30.0 Å². The molecular formula is C14H20ClNO2S. The van der Waals surface area contributed by atoms with Gasteiger partial charge in [0.1, 0.15) is 13.2 Å². The van der Waals surface area contributed by atoms with Crippen molar-refractivity contribution < 1.29 is 9.47 Å². The average molecular weight is 302 g/mol. The van der Waals surface area contributed by atoms with Gasteiger partial charge in [-0.1, -0.05) is 18.5 Å². The van der Waals surface area contributed by atoms with E-state index in [2.05, 4.69) is 19.2 Å². The van der Waals surface area contributed by atoms with Crippen molar-refractivity contribution in [3.8, 4) is 11.5 Å². The highest BCUT2D eigenvalue weighted by molar-refractivity contribution is 7.99. The molecule has 1 aliphatic heterocycles. The first kappa shape index (κ1) is 14.8. The monoisotopic (exact) mass is 301 g/mol. The van der Waals surface area contributed by atoms with Crippen molar-refractivity contribution in [3.63, 3.8) is 0 Å². The highest BCUT2D eigenvalue weighted by Gasteiger charge is 2.16. The van der Waals surface area contributed by atoms with Crippen molar-refractivity contribution in [1.82, 2.24) is 5.32 Å². The lowest BCUT2D eigenvalue weighted by atomic mass is 10.2. The Morgan fingerprint density at radius 2 is 2.16 bits per heavy atom. The van der Waals surface area contributed by atoms with Crippen LogP contribution in [0.3, 0.4) is 0 Å². The lowest BCUT2D eigenvalue weighted by Crippen LogP contribution is -2.27. The van der Waals surface area contributed by atoms with Crippen LogP contribution >= 0.6 is 23.4 Å². The van der Waals surface area contributed by atoms with E-state index < -0.39 is 0 Å². The van der Waals surface area contributed by atoms with Gasteiger partial charge in [-0.15, -0.1) is 0 Å². The number of thioether (sulfide) groups is 1. The highest BCUT2D eigenvalue weighted by Crippen LogP contribution is 2.38. The molecule has 1 N–H and O–H groups in total. The maximum Gasteiger partial charge on any atom is 0.179 e. The summed E-state index contributed by atoms with van der Waals surface area (Å²) in [5, 5.41) is 4.12. The molecule has 106 valence electrons. The highest BCUT2D eigenvalue weighted by atomic mass is 35.5. The molecule has 0 amide bonds. The first-order chi connectivity index (χ1) is 9.20. The molecule has 0 aliphatic carbocycles. The van der Waals surface area contributed by atoms with Crippen molar-refractivity contribution in [2.75, 3.05) is 24.7 Å². The SMILES string of the molecule is CCSCC(C)NCc1cc(Cl)c2c(c1)OCCO2. The Bertz CT molecular complexity index is 428. The van der Waals surface area contributed by atoms with Gasteiger partial charge in [0.15, 0.2) is 11.5 Å². The molecule has 1 aromatic carbocycles.